The molecule has 0 fully saturated rings. The molecular weight excluding hydrogens is 1020 g/mol. The molecule has 4 aromatic heterocycles. The SMILES string of the molecule is CCOC(=O)c1cncc(-n2c(C)ccc2-c2cc(Br)ccc2OCc2ccc(F)cc2Cl)c1.Cc1ccc(-c2cc(Br)ccc2OCc2ccc(F)cc2Cl)n1-c1cncc(C(=O)O)c1. The molecule has 0 saturated heterocycles. The molecule has 0 unspecified atom stereocenters. The number of rotatable bonds is 13. The van der Waals surface area contributed by atoms with Gasteiger partial charge in [-0.1, -0.05) is 67.2 Å². The first-order chi connectivity index (χ1) is 31.7. The molecule has 1 N–H and O–H groups in total. The van der Waals surface area contributed by atoms with Crippen molar-refractivity contribution in [1.82, 2.24) is 19.1 Å². The number of benzene rings is 4. The fourth-order valence-corrected chi connectivity index (χ4v) is 8.14. The molecule has 0 spiro atoms. The van der Waals surface area contributed by atoms with E-state index in [2.05, 4.69) is 41.8 Å². The molecule has 4 heterocycles. The van der Waals surface area contributed by atoms with E-state index in [0.717, 1.165) is 48.5 Å². The van der Waals surface area contributed by atoms with Crippen molar-refractivity contribution in [3.8, 4) is 45.4 Å². The van der Waals surface area contributed by atoms with Crippen molar-refractivity contribution in [3.63, 3.8) is 0 Å². The van der Waals surface area contributed by atoms with E-state index in [1.807, 2.05) is 83.6 Å². The first kappa shape index (κ1) is 47.6. The van der Waals surface area contributed by atoms with Crippen molar-refractivity contribution in [2.45, 2.75) is 34.0 Å². The van der Waals surface area contributed by atoms with Crippen LogP contribution in [0.4, 0.5) is 8.78 Å². The van der Waals surface area contributed by atoms with Crippen molar-refractivity contribution >= 4 is 67.0 Å². The Morgan fingerprint density at radius 3 is 1.52 bits per heavy atom. The van der Waals surface area contributed by atoms with Gasteiger partial charge < -0.3 is 28.5 Å². The molecule has 8 rings (SSSR count). The van der Waals surface area contributed by atoms with Gasteiger partial charge in [0.25, 0.3) is 0 Å². The van der Waals surface area contributed by atoms with E-state index in [1.54, 1.807) is 43.6 Å². The molecular formula is C50H38Br2Cl2F2N4O6. The molecule has 16 heteroatoms. The smallest absolute Gasteiger partial charge is 0.339 e. The lowest BCUT2D eigenvalue weighted by molar-refractivity contribution is 0.0525. The number of esters is 1. The number of carboxylic acid groups (broad SMARTS) is 1. The molecule has 0 aliphatic heterocycles. The topological polar surface area (TPSA) is 118 Å². The third-order valence-electron chi connectivity index (χ3n) is 10.1. The van der Waals surface area contributed by atoms with Crippen LogP contribution in [-0.2, 0) is 18.0 Å². The lowest BCUT2D eigenvalue weighted by Gasteiger charge is -2.17. The second-order valence-electron chi connectivity index (χ2n) is 14.6. The summed E-state index contributed by atoms with van der Waals surface area (Å²) in [5.74, 6) is -1.06. The van der Waals surface area contributed by atoms with Crippen molar-refractivity contribution in [3.05, 3.63) is 198 Å². The number of carbonyl (C=O) groups is 2. The van der Waals surface area contributed by atoms with Crippen LogP contribution in [0, 0.1) is 25.5 Å². The van der Waals surface area contributed by atoms with Crippen LogP contribution in [0.5, 0.6) is 11.5 Å². The predicted octanol–water partition coefficient (Wildman–Crippen LogP) is 13.8. The highest BCUT2D eigenvalue weighted by Crippen LogP contribution is 2.38. The van der Waals surface area contributed by atoms with E-state index in [1.165, 1.54) is 36.7 Å². The third-order valence-corrected chi connectivity index (χ3v) is 11.8. The average molecular weight is 1060 g/mol. The highest BCUT2D eigenvalue weighted by molar-refractivity contribution is 9.10. The standard InChI is InChI=1S/C26H21BrClFN2O3.C24H17BrClFN2O3/c1-3-33-26(32)18-10-21(14-30-13-18)31-16(2)4-8-24(31)22-11-19(27)6-9-25(22)34-15-17-5-7-20(29)12-23(17)28;1-14-2-6-22(29(14)19-8-16(24(30)31)11-28-12-19)20-9-17(25)4-7-23(20)32-13-15-3-5-18(27)10-21(15)26/h4-14H,3,15H2,1-2H3;2-12H,13H2,1H3,(H,30,31). The number of carbonyl (C=O) groups excluding carboxylic acids is 1. The van der Waals surface area contributed by atoms with Crippen LogP contribution >= 0.6 is 55.1 Å². The third kappa shape index (κ3) is 11.2. The molecule has 0 aliphatic carbocycles. The molecule has 0 aliphatic rings. The number of pyridine rings is 2. The van der Waals surface area contributed by atoms with Gasteiger partial charge in [-0.3, -0.25) is 9.97 Å². The summed E-state index contributed by atoms with van der Waals surface area (Å²) < 4.78 is 49.7. The van der Waals surface area contributed by atoms with Crippen LogP contribution in [0.3, 0.4) is 0 Å². The van der Waals surface area contributed by atoms with Crippen LogP contribution in [0.25, 0.3) is 33.9 Å². The van der Waals surface area contributed by atoms with E-state index in [4.69, 9.17) is 37.4 Å². The maximum absolute atomic E-state index is 13.4. The Bertz CT molecular complexity index is 3090. The molecule has 10 nitrogen and oxygen atoms in total. The number of aromatic carboxylic acids is 1. The van der Waals surface area contributed by atoms with Crippen LogP contribution < -0.4 is 9.47 Å². The van der Waals surface area contributed by atoms with Crippen LogP contribution in [0.1, 0.15) is 50.2 Å². The highest BCUT2D eigenvalue weighted by Gasteiger charge is 2.19. The fourth-order valence-electron chi connectivity index (χ4n) is 6.97. The molecule has 66 heavy (non-hydrogen) atoms. The van der Waals surface area contributed by atoms with Gasteiger partial charge in [0, 0.05) is 55.0 Å². The van der Waals surface area contributed by atoms with Gasteiger partial charge in [-0.05, 0) is 118 Å². The van der Waals surface area contributed by atoms with E-state index in [9.17, 15) is 23.5 Å². The summed E-state index contributed by atoms with van der Waals surface area (Å²) in [6.07, 6.45) is 6.10. The average Bonchev–Trinajstić information content (AvgIpc) is 3.88. The van der Waals surface area contributed by atoms with E-state index >= 15 is 0 Å². The second-order valence-corrected chi connectivity index (χ2v) is 17.3. The minimum atomic E-state index is -1.05. The summed E-state index contributed by atoms with van der Waals surface area (Å²) in [6, 6.07) is 30.8. The Hall–Kier alpha value is -6.32. The monoisotopic (exact) mass is 1060 g/mol. The summed E-state index contributed by atoms with van der Waals surface area (Å²) in [4.78, 5) is 32.0. The molecule has 0 amide bonds. The quantitative estimate of drug-likeness (QED) is 0.113. The predicted molar refractivity (Wildman–Crippen MR) is 257 cm³/mol. The van der Waals surface area contributed by atoms with Gasteiger partial charge in [0.2, 0.25) is 0 Å². The molecule has 4 aromatic carbocycles. The molecule has 0 atom stereocenters. The number of ether oxygens (including phenoxy) is 3. The van der Waals surface area contributed by atoms with E-state index < -0.39 is 23.6 Å². The summed E-state index contributed by atoms with van der Waals surface area (Å²) in [5, 5.41) is 9.95. The number of carboxylic acids is 1. The second kappa shape index (κ2) is 21.3. The molecule has 0 radical (unpaired) electrons. The Kier molecular flexibility index (Phi) is 15.4. The maximum Gasteiger partial charge on any atom is 0.339 e. The lowest BCUT2D eigenvalue weighted by atomic mass is 10.1. The molecule has 0 saturated carbocycles. The Morgan fingerprint density at radius 2 is 1.08 bits per heavy atom. The zero-order valence-electron chi connectivity index (χ0n) is 35.4. The van der Waals surface area contributed by atoms with Crippen molar-refractivity contribution in [2.24, 2.45) is 0 Å². The summed E-state index contributed by atoms with van der Waals surface area (Å²) in [5.41, 5.74) is 8.24. The van der Waals surface area contributed by atoms with E-state index in [-0.39, 0.29) is 25.4 Å². The van der Waals surface area contributed by atoms with Crippen molar-refractivity contribution in [2.75, 3.05) is 6.61 Å². The zero-order valence-corrected chi connectivity index (χ0v) is 40.1. The Balaban J connectivity index is 0.000000197. The van der Waals surface area contributed by atoms with Crippen LogP contribution in [0.2, 0.25) is 10.0 Å². The first-order valence-corrected chi connectivity index (χ1v) is 22.5. The largest absolute Gasteiger partial charge is 0.488 e. The molecule has 8 aromatic rings. The zero-order chi connectivity index (χ0) is 47.1. The molecule has 336 valence electrons. The molecule has 0 bridgehead atoms. The van der Waals surface area contributed by atoms with Gasteiger partial charge in [0.1, 0.15) is 36.3 Å². The number of hydrogen-bond donors (Lipinski definition) is 1. The summed E-state index contributed by atoms with van der Waals surface area (Å²) in [7, 11) is 0. The van der Waals surface area contributed by atoms with Gasteiger partial charge in [0.05, 0.1) is 62.9 Å². The number of aromatic nitrogens is 4. The number of nitrogens with zero attached hydrogens (tertiary/aromatic N) is 4. The van der Waals surface area contributed by atoms with Crippen molar-refractivity contribution in [1.29, 1.82) is 0 Å². The van der Waals surface area contributed by atoms with Gasteiger partial charge in [-0.25, -0.2) is 18.4 Å². The maximum atomic E-state index is 13.4. The van der Waals surface area contributed by atoms with Crippen LogP contribution in [0.15, 0.2) is 143 Å². The van der Waals surface area contributed by atoms with Crippen LogP contribution in [-0.4, -0.2) is 42.8 Å². The normalized spacial score (nSPS) is 10.9. The number of aryl methyl sites for hydroxylation is 2. The minimum absolute atomic E-state index is 0.0956. The number of halogens is 6. The highest BCUT2D eigenvalue weighted by atomic mass is 79.9. The van der Waals surface area contributed by atoms with Gasteiger partial charge in [0.15, 0.2) is 0 Å². The van der Waals surface area contributed by atoms with Crippen molar-refractivity contribution < 1.29 is 37.7 Å². The lowest BCUT2D eigenvalue weighted by Crippen LogP contribution is -2.08. The minimum Gasteiger partial charge on any atom is -0.488 e. The first-order valence-electron chi connectivity index (χ1n) is 20.1. The fraction of sp³-hybridized carbons (Fsp3) is 0.120. The van der Waals surface area contributed by atoms with Gasteiger partial charge >= 0.3 is 11.9 Å². The van der Waals surface area contributed by atoms with Gasteiger partial charge in [-0.2, -0.15) is 0 Å². The Labute approximate surface area is 405 Å². The summed E-state index contributed by atoms with van der Waals surface area (Å²) in [6.45, 7) is 6.27. The Morgan fingerprint density at radius 1 is 0.621 bits per heavy atom. The van der Waals surface area contributed by atoms with E-state index in [0.29, 0.717) is 43.9 Å². The summed E-state index contributed by atoms with van der Waals surface area (Å²) >= 11 is 19.4. The van der Waals surface area contributed by atoms with Gasteiger partial charge in [-0.15, -0.1) is 0 Å². The number of hydrogen-bond acceptors (Lipinski definition) is 7.